The molecule has 1 saturated heterocycles. The number of carbonyl (C=O) groups is 1. The van der Waals surface area contributed by atoms with E-state index in [0.29, 0.717) is 13.0 Å². The first-order valence-corrected chi connectivity index (χ1v) is 12.2. The summed E-state index contributed by atoms with van der Waals surface area (Å²) >= 11 is 0. The van der Waals surface area contributed by atoms with E-state index >= 15 is 0 Å². The highest BCUT2D eigenvalue weighted by Crippen LogP contribution is 2.40. The second kappa shape index (κ2) is 9.87. The van der Waals surface area contributed by atoms with Crippen LogP contribution in [0.25, 0.3) is 10.9 Å². The van der Waals surface area contributed by atoms with Crippen molar-refractivity contribution in [3.63, 3.8) is 0 Å². The molecule has 6 heteroatoms. The first-order valence-electron chi connectivity index (χ1n) is 12.2. The van der Waals surface area contributed by atoms with Crippen molar-refractivity contribution in [1.29, 1.82) is 0 Å². The van der Waals surface area contributed by atoms with E-state index in [1.54, 1.807) is 0 Å². The molecule has 2 aliphatic heterocycles. The average molecular weight is 448 g/mol. The maximum Gasteiger partial charge on any atom is 0.231 e. The highest BCUT2D eigenvalue weighted by Gasteiger charge is 2.25. The van der Waals surface area contributed by atoms with E-state index in [0.717, 1.165) is 43.2 Å². The molecular weight excluding hydrogens is 414 g/mol. The molecule has 174 valence electrons. The third-order valence-electron chi connectivity index (χ3n) is 6.92. The van der Waals surface area contributed by atoms with Crippen LogP contribution in [0, 0.1) is 0 Å². The molecule has 1 fully saturated rings. The predicted octanol–water partition coefficient (Wildman–Crippen LogP) is 4.51. The largest absolute Gasteiger partial charge is 0.454 e. The van der Waals surface area contributed by atoms with Gasteiger partial charge in [0.05, 0.1) is 0 Å². The Morgan fingerprint density at radius 2 is 1.88 bits per heavy atom. The van der Waals surface area contributed by atoms with Crippen LogP contribution in [0.1, 0.15) is 49.7 Å². The summed E-state index contributed by atoms with van der Waals surface area (Å²) in [4.78, 5) is 15.5. The van der Waals surface area contributed by atoms with Gasteiger partial charge in [-0.3, -0.25) is 4.79 Å². The van der Waals surface area contributed by atoms with E-state index in [1.807, 2.05) is 12.1 Å². The van der Waals surface area contributed by atoms with Crippen LogP contribution in [-0.4, -0.2) is 48.3 Å². The molecule has 5 rings (SSSR count). The summed E-state index contributed by atoms with van der Waals surface area (Å²) in [5.74, 6) is 1.54. The van der Waals surface area contributed by atoms with Crippen molar-refractivity contribution in [3.05, 3.63) is 59.8 Å². The van der Waals surface area contributed by atoms with Gasteiger partial charge in [-0.05, 0) is 62.2 Å². The quantitative estimate of drug-likeness (QED) is 0.552. The van der Waals surface area contributed by atoms with Gasteiger partial charge in [0.2, 0.25) is 12.7 Å². The minimum absolute atomic E-state index is 0.0628. The Bertz CT molecular complexity index is 1120. The van der Waals surface area contributed by atoms with Crippen LogP contribution in [-0.2, 0) is 11.3 Å². The number of nitrogens with zero attached hydrogens (tertiary/aromatic N) is 2. The van der Waals surface area contributed by atoms with Crippen LogP contribution in [0.5, 0.6) is 11.5 Å². The smallest absolute Gasteiger partial charge is 0.231 e. The average Bonchev–Trinajstić information content (AvgIpc) is 3.47. The number of ether oxygens (including phenoxy) is 2. The lowest BCUT2D eigenvalue weighted by atomic mass is 9.87. The highest BCUT2D eigenvalue weighted by atomic mass is 16.7. The van der Waals surface area contributed by atoms with E-state index in [2.05, 4.69) is 58.2 Å². The predicted molar refractivity (Wildman–Crippen MR) is 130 cm³/mol. The second-order valence-electron chi connectivity index (χ2n) is 9.01. The molecule has 1 atom stereocenters. The third-order valence-corrected chi connectivity index (χ3v) is 6.92. The first-order chi connectivity index (χ1) is 16.2. The molecule has 0 spiro atoms. The fourth-order valence-corrected chi connectivity index (χ4v) is 5.15. The molecule has 1 N–H and O–H groups in total. The number of hydrogen-bond acceptors (Lipinski definition) is 4. The van der Waals surface area contributed by atoms with Gasteiger partial charge in [0.1, 0.15) is 0 Å². The number of fused-ring (bicyclic) bond motifs is 2. The van der Waals surface area contributed by atoms with Crippen molar-refractivity contribution in [1.82, 2.24) is 14.8 Å². The van der Waals surface area contributed by atoms with E-state index in [-0.39, 0.29) is 18.6 Å². The molecule has 0 radical (unpaired) electrons. The summed E-state index contributed by atoms with van der Waals surface area (Å²) in [5.41, 5.74) is 3.45. The second-order valence-corrected chi connectivity index (χ2v) is 9.01. The number of aromatic nitrogens is 1. The van der Waals surface area contributed by atoms with Crippen molar-refractivity contribution in [3.8, 4) is 11.5 Å². The number of likely N-dealkylation sites (tertiary alicyclic amines) is 1. The Hall–Kier alpha value is -2.99. The minimum Gasteiger partial charge on any atom is -0.454 e. The molecule has 2 aliphatic rings. The fourth-order valence-electron chi connectivity index (χ4n) is 5.15. The minimum atomic E-state index is -0.0628. The van der Waals surface area contributed by atoms with Crippen LogP contribution in [0.4, 0.5) is 0 Å². The van der Waals surface area contributed by atoms with Gasteiger partial charge in [0, 0.05) is 49.1 Å². The molecule has 1 aromatic heterocycles. The van der Waals surface area contributed by atoms with Crippen LogP contribution >= 0.6 is 0 Å². The van der Waals surface area contributed by atoms with Crippen LogP contribution in [0.3, 0.4) is 0 Å². The lowest BCUT2D eigenvalue weighted by Crippen LogP contribution is -2.38. The van der Waals surface area contributed by atoms with Crippen LogP contribution in [0.15, 0.2) is 48.7 Å². The van der Waals surface area contributed by atoms with E-state index in [9.17, 15) is 4.79 Å². The van der Waals surface area contributed by atoms with E-state index < -0.39 is 0 Å². The Labute approximate surface area is 195 Å². The van der Waals surface area contributed by atoms with Crippen LogP contribution in [0.2, 0.25) is 0 Å². The lowest BCUT2D eigenvalue weighted by Gasteiger charge is -2.26. The van der Waals surface area contributed by atoms with Gasteiger partial charge in [-0.25, -0.2) is 0 Å². The van der Waals surface area contributed by atoms with Crippen molar-refractivity contribution >= 4 is 16.8 Å². The molecule has 6 nitrogen and oxygen atoms in total. The summed E-state index contributed by atoms with van der Waals surface area (Å²) in [6.07, 6.45) is 6.47. The monoisotopic (exact) mass is 447 g/mol. The molecule has 0 bridgehead atoms. The maximum atomic E-state index is 13.1. The summed E-state index contributed by atoms with van der Waals surface area (Å²) in [6, 6.07) is 14.5. The summed E-state index contributed by atoms with van der Waals surface area (Å²) in [7, 11) is 0. The van der Waals surface area contributed by atoms with Gasteiger partial charge in [-0.1, -0.05) is 30.7 Å². The number of benzene rings is 2. The molecule has 3 aromatic rings. The van der Waals surface area contributed by atoms with Gasteiger partial charge < -0.3 is 24.3 Å². The Balaban J connectivity index is 1.39. The third kappa shape index (κ3) is 4.71. The summed E-state index contributed by atoms with van der Waals surface area (Å²) < 4.78 is 13.4. The molecule has 0 aliphatic carbocycles. The number of hydrogen-bond donors (Lipinski definition) is 1. The number of para-hydroxylation sites is 1. The number of amides is 1. The number of aryl methyl sites for hydroxylation is 1. The van der Waals surface area contributed by atoms with Crippen molar-refractivity contribution in [2.45, 2.75) is 45.1 Å². The maximum absolute atomic E-state index is 13.1. The Kier molecular flexibility index (Phi) is 6.53. The zero-order chi connectivity index (χ0) is 22.6. The number of rotatable bonds is 8. The van der Waals surface area contributed by atoms with Gasteiger partial charge in [0.25, 0.3) is 0 Å². The number of nitrogens with one attached hydrogen (secondary N) is 1. The van der Waals surface area contributed by atoms with Gasteiger partial charge in [-0.15, -0.1) is 0 Å². The molecule has 0 unspecified atom stereocenters. The first kappa shape index (κ1) is 21.8. The van der Waals surface area contributed by atoms with Crippen LogP contribution < -0.4 is 14.8 Å². The standard InChI is InChI=1S/C27H33N3O3/c1-2-30-18-23(21-8-4-5-9-24(21)30)22(20-10-11-25-26(16-20)33-19-32-25)17-27(31)28-12-15-29-13-6-3-7-14-29/h4-5,8-11,16,18,22H,2-3,6-7,12-15,17,19H2,1H3,(H,28,31)/t22-/m1/s1. The fraction of sp³-hybridized carbons (Fsp3) is 0.444. The van der Waals surface area contributed by atoms with E-state index in [1.165, 1.54) is 35.7 Å². The SMILES string of the molecule is CCn1cc([C@H](CC(=O)NCCN2CCCCC2)c2ccc3c(c2)OCO3)c2ccccc21. The molecule has 0 saturated carbocycles. The lowest BCUT2D eigenvalue weighted by molar-refractivity contribution is -0.121. The Morgan fingerprint density at radius 3 is 2.73 bits per heavy atom. The molecular formula is C27H33N3O3. The van der Waals surface area contributed by atoms with Crippen molar-refractivity contribution in [2.75, 3.05) is 33.0 Å². The summed E-state index contributed by atoms with van der Waals surface area (Å²) in [6.45, 7) is 7.20. The van der Waals surface area contributed by atoms with Crippen molar-refractivity contribution < 1.29 is 14.3 Å². The molecule has 3 heterocycles. The van der Waals surface area contributed by atoms with Gasteiger partial charge in [-0.2, -0.15) is 0 Å². The zero-order valence-corrected chi connectivity index (χ0v) is 19.4. The van der Waals surface area contributed by atoms with E-state index in [4.69, 9.17) is 9.47 Å². The van der Waals surface area contributed by atoms with Gasteiger partial charge in [0.15, 0.2) is 11.5 Å². The van der Waals surface area contributed by atoms with Gasteiger partial charge >= 0.3 is 0 Å². The highest BCUT2D eigenvalue weighted by molar-refractivity contribution is 5.86. The Morgan fingerprint density at radius 1 is 1.06 bits per heavy atom. The number of carbonyl (C=O) groups excluding carboxylic acids is 1. The summed E-state index contributed by atoms with van der Waals surface area (Å²) in [5, 5.41) is 4.38. The topological polar surface area (TPSA) is 55.7 Å². The molecule has 2 aromatic carbocycles. The molecule has 1 amide bonds. The zero-order valence-electron chi connectivity index (χ0n) is 19.4. The number of piperidine rings is 1. The molecule has 33 heavy (non-hydrogen) atoms. The normalized spacial score (nSPS) is 16.8. The van der Waals surface area contributed by atoms with Crippen molar-refractivity contribution in [2.24, 2.45) is 0 Å².